The van der Waals surface area contributed by atoms with Gasteiger partial charge in [0.05, 0.1) is 12.1 Å². The van der Waals surface area contributed by atoms with Crippen molar-refractivity contribution in [3.63, 3.8) is 0 Å². The van der Waals surface area contributed by atoms with Gasteiger partial charge >= 0.3 is 0 Å². The lowest BCUT2D eigenvalue weighted by Gasteiger charge is -2.04. The molecule has 1 fully saturated rings. The van der Waals surface area contributed by atoms with Crippen LogP contribution in [0.2, 0.25) is 0 Å². The third kappa shape index (κ3) is 2.56. The first-order valence-corrected chi connectivity index (χ1v) is 7.83. The van der Waals surface area contributed by atoms with Crippen LogP contribution in [-0.2, 0) is 6.54 Å². The number of nitrogens with zero attached hydrogens (tertiary/aromatic N) is 1. The van der Waals surface area contributed by atoms with Gasteiger partial charge in [0.2, 0.25) is 0 Å². The molecule has 4 rings (SSSR count). The Kier molecular flexibility index (Phi) is 3.49. The average Bonchev–Trinajstić information content (AvgIpc) is 3.31. The first kappa shape index (κ1) is 13.3. The maximum Gasteiger partial charge on any atom is 0.0556 e. The second-order valence-electron chi connectivity index (χ2n) is 5.87. The van der Waals surface area contributed by atoms with Gasteiger partial charge in [-0.1, -0.05) is 91.0 Å². The van der Waals surface area contributed by atoms with Gasteiger partial charge in [0.1, 0.15) is 0 Å². The third-order valence-electron chi connectivity index (χ3n) is 4.41. The molecule has 0 aromatic heterocycles. The summed E-state index contributed by atoms with van der Waals surface area (Å²) < 4.78 is 0. The minimum atomic E-state index is 0.490. The minimum absolute atomic E-state index is 0.490. The largest absolute Gasteiger partial charge is 0.281 e. The maximum atomic E-state index is 2.57. The zero-order chi connectivity index (χ0) is 14.8. The first-order valence-electron chi connectivity index (χ1n) is 7.83. The lowest BCUT2D eigenvalue weighted by Crippen LogP contribution is -1.99. The number of benzene rings is 3. The molecule has 0 saturated carbocycles. The quantitative estimate of drug-likeness (QED) is 0.611. The van der Waals surface area contributed by atoms with Gasteiger partial charge in [0.15, 0.2) is 0 Å². The van der Waals surface area contributed by atoms with Crippen molar-refractivity contribution >= 4 is 0 Å². The van der Waals surface area contributed by atoms with E-state index in [2.05, 4.69) is 95.9 Å². The summed E-state index contributed by atoms with van der Waals surface area (Å²) >= 11 is 0. The van der Waals surface area contributed by atoms with Crippen molar-refractivity contribution in [1.82, 2.24) is 4.90 Å². The van der Waals surface area contributed by atoms with E-state index < -0.39 is 0 Å². The van der Waals surface area contributed by atoms with Gasteiger partial charge in [-0.2, -0.15) is 0 Å². The molecule has 0 radical (unpaired) electrons. The highest BCUT2D eigenvalue weighted by Gasteiger charge is 2.48. The fraction of sp³-hybridized carbons (Fsp3) is 0.143. The second kappa shape index (κ2) is 5.78. The van der Waals surface area contributed by atoms with Crippen molar-refractivity contribution in [3.8, 4) is 0 Å². The van der Waals surface area contributed by atoms with E-state index in [-0.39, 0.29) is 0 Å². The van der Waals surface area contributed by atoms with Gasteiger partial charge in [0.25, 0.3) is 0 Å². The van der Waals surface area contributed by atoms with E-state index in [1.807, 2.05) is 0 Å². The third-order valence-corrected chi connectivity index (χ3v) is 4.41. The lowest BCUT2D eigenvalue weighted by atomic mass is 10.0. The SMILES string of the molecule is c1ccc(CN2[C@H](c3ccccc3)[C@H]2c2ccccc2)cc1. The predicted octanol–water partition coefficient (Wildman–Crippen LogP) is 4.98. The highest BCUT2D eigenvalue weighted by atomic mass is 15.3. The molecule has 0 N–H and O–H groups in total. The molecule has 22 heavy (non-hydrogen) atoms. The van der Waals surface area contributed by atoms with Crippen LogP contribution in [0.25, 0.3) is 0 Å². The molecule has 1 aliphatic heterocycles. The highest BCUT2D eigenvalue weighted by molar-refractivity contribution is 5.35. The van der Waals surface area contributed by atoms with Gasteiger partial charge in [0, 0.05) is 6.54 Å². The van der Waals surface area contributed by atoms with E-state index in [9.17, 15) is 0 Å². The predicted molar refractivity (Wildman–Crippen MR) is 90.4 cm³/mol. The molecule has 0 unspecified atom stereocenters. The molecule has 1 saturated heterocycles. The molecule has 0 aliphatic carbocycles. The zero-order valence-corrected chi connectivity index (χ0v) is 12.5. The Hall–Kier alpha value is -2.38. The van der Waals surface area contributed by atoms with Crippen molar-refractivity contribution in [1.29, 1.82) is 0 Å². The van der Waals surface area contributed by atoms with Crippen LogP contribution in [0.15, 0.2) is 91.0 Å². The summed E-state index contributed by atoms with van der Waals surface area (Å²) in [6, 6.07) is 33.4. The zero-order valence-electron chi connectivity index (χ0n) is 12.5. The van der Waals surface area contributed by atoms with Crippen LogP contribution in [0, 0.1) is 0 Å². The highest BCUT2D eigenvalue weighted by Crippen LogP contribution is 2.55. The van der Waals surface area contributed by atoms with E-state index in [0.29, 0.717) is 12.1 Å². The van der Waals surface area contributed by atoms with Crippen molar-refractivity contribution in [2.45, 2.75) is 18.6 Å². The molecular weight excluding hydrogens is 266 g/mol. The summed E-state index contributed by atoms with van der Waals surface area (Å²) in [5.41, 5.74) is 4.20. The van der Waals surface area contributed by atoms with Gasteiger partial charge in [-0.25, -0.2) is 0 Å². The Bertz CT molecular complexity index is 676. The summed E-state index contributed by atoms with van der Waals surface area (Å²) in [6.07, 6.45) is 0. The fourth-order valence-electron chi connectivity index (χ4n) is 3.31. The molecule has 0 spiro atoms. The van der Waals surface area contributed by atoms with Crippen LogP contribution in [0.4, 0.5) is 0 Å². The van der Waals surface area contributed by atoms with Crippen LogP contribution < -0.4 is 0 Å². The monoisotopic (exact) mass is 285 g/mol. The summed E-state index contributed by atoms with van der Waals surface area (Å²) in [5.74, 6) is 0. The van der Waals surface area contributed by atoms with Gasteiger partial charge in [-0.05, 0) is 16.7 Å². The van der Waals surface area contributed by atoms with Gasteiger partial charge < -0.3 is 0 Å². The molecule has 0 amide bonds. The first-order chi connectivity index (χ1) is 10.9. The van der Waals surface area contributed by atoms with Crippen LogP contribution in [0.3, 0.4) is 0 Å². The number of hydrogen-bond acceptors (Lipinski definition) is 1. The summed E-state index contributed by atoms with van der Waals surface area (Å²) in [5, 5.41) is 0. The second-order valence-corrected chi connectivity index (χ2v) is 5.87. The molecule has 1 heteroatoms. The van der Waals surface area contributed by atoms with Gasteiger partial charge in [-0.15, -0.1) is 0 Å². The topological polar surface area (TPSA) is 3.01 Å². The summed E-state index contributed by atoms with van der Waals surface area (Å²) in [6.45, 7) is 1.000. The molecule has 1 aliphatic rings. The molecule has 108 valence electrons. The number of hydrogen-bond donors (Lipinski definition) is 0. The molecule has 0 bridgehead atoms. The van der Waals surface area contributed by atoms with Crippen LogP contribution in [0.5, 0.6) is 0 Å². The maximum absolute atomic E-state index is 2.57. The molecule has 3 aromatic rings. The van der Waals surface area contributed by atoms with E-state index in [0.717, 1.165) is 6.54 Å². The molecule has 1 nitrogen and oxygen atoms in total. The van der Waals surface area contributed by atoms with Crippen LogP contribution >= 0.6 is 0 Å². The van der Waals surface area contributed by atoms with E-state index in [4.69, 9.17) is 0 Å². The molecular formula is C21H19N. The fourth-order valence-corrected chi connectivity index (χ4v) is 3.31. The van der Waals surface area contributed by atoms with Crippen molar-refractivity contribution in [2.75, 3.05) is 0 Å². The number of rotatable bonds is 4. The Morgan fingerprint density at radius 2 is 0.955 bits per heavy atom. The average molecular weight is 285 g/mol. The Balaban J connectivity index is 1.63. The van der Waals surface area contributed by atoms with Crippen molar-refractivity contribution < 1.29 is 0 Å². The smallest absolute Gasteiger partial charge is 0.0556 e. The van der Waals surface area contributed by atoms with Crippen molar-refractivity contribution in [3.05, 3.63) is 108 Å². The Morgan fingerprint density at radius 3 is 1.41 bits per heavy atom. The standard InChI is InChI=1S/C21H19N/c1-4-10-17(11-5-1)16-22-20(18-12-6-2-7-13-18)21(22)19-14-8-3-9-15-19/h1-15,20-21H,16H2/t20-,21-/m1/s1. The Morgan fingerprint density at radius 1 is 0.545 bits per heavy atom. The molecule has 3 aromatic carbocycles. The lowest BCUT2D eigenvalue weighted by molar-refractivity contribution is 0.480. The summed E-state index contributed by atoms with van der Waals surface area (Å²) in [4.78, 5) is 2.57. The summed E-state index contributed by atoms with van der Waals surface area (Å²) in [7, 11) is 0. The van der Waals surface area contributed by atoms with Crippen LogP contribution in [-0.4, -0.2) is 4.90 Å². The Labute approximate surface area is 131 Å². The normalized spacial score (nSPS) is 23.2. The molecule has 2 atom stereocenters. The van der Waals surface area contributed by atoms with E-state index in [1.165, 1.54) is 16.7 Å². The molecule has 1 heterocycles. The van der Waals surface area contributed by atoms with Crippen molar-refractivity contribution in [2.24, 2.45) is 0 Å². The van der Waals surface area contributed by atoms with E-state index in [1.54, 1.807) is 0 Å². The minimum Gasteiger partial charge on any atom is -0.281 e. The van der Waals surface area contributed by atoms with E-state index >= 15 is 0 Å². The van der Waals surface area contributed by atoms with Gasteiger partial charge in [-0.3, -0.25) is 4.90 Å². The van der Waals surface area contributed by atoms with Crippen LogP contribution in [0.1, 0.15) is 28.8 Å².